The van der Waals surface area contributed by atoms with Gasteiger partial charge in [0.1, 0.15) is 6.79 Å². The van der Waals surface area contributed by atoms with E-state index in [2.05, 4.69) is 43.4 Å². The summed E-state index contributed by atoms with van der Waals surface area (Å²) in [6, 6.07) is 0. The van der Waals surface area contributed by atoms with E-state index in [1.807, 2.05) is 0 Å². The summed E-state index contributed by atoms with van der Waals surface area (Å²) in [5.41, 5.74) is 0. The van der Waals surface area contributed by atoms with E-state index in [-0.39, 0.29) is 12.7 Å². The number of allylic oxidation sites excluding steroid dienone is 6. The molecule has 0 aliphatic rings. The highest BCUT2D eigenvalue weighted by Gasteiger charge is 2.07. The number of rotatable bonds is 18. The molecule has 0 heterocycles. The summed E-state index contributed by atoms with van der Waals surface area (Å²) in [6.07, 6.45) is 25.8. The Morgan fingerprint density at radius 3 is 2.12 bits per heavy atom. The van der Waals surface area contributed by atoms with Gasteiger partial charge >= 0.3 is 0 Å². The Morgan fingerprint density at radius 2 is 1.48 bits per heavy atom. The van der Waals surface area contributed by atoms with Gasteiger partial charge in [-0.2, -0.15) is 0 Å². The van der Waals surface area contributed by atoms with Crippen molar-refractivity contribution in [2.75, 3.05) is 20.5 Å². The normalized spacial score (nSPS) is 13.6. The summed E-state index contributed by atoms with van der Waals surface area (Å²) in [7, 11) is 1.65. The first kappa shape index (κ1) is 24.1. The van der Waals surface area contributed by atoms with Crippen molar-refractivity contribution in [2.24, 2.45) is 0 Å². The largest absolute Gasteiger partial charge is 0.396 e. The van der Waals surface area contributed by atoms with Crippen molar-refractivity contribution in [1.82, 2.24) is 0 Å². The SMILES string of the molecule is CCCCC/C=C\C/C=C\C/C=C\CC[C@@H](CCCCO)OCOC. The molecule has 146 valence electrons. The molecule has 3 heteroatoms. The molecule has 0 aromatic carbocycles. The van der Waals surface area contributed by atoms with Crippen LogP contribution in [-0.2, 0) is 9.47 Å². The van der Waals surface area contributed by atoms with Gasteiger partial charge in [0, 0.05) is 13.7 Å². The van der Waals surface area contributed by atoms with Crippen molar-refractivity contribution in [2.45, 2.75) is 83.7 Å². The van der Waals surface area contributed by atoms with Gasteiger partial charge < -0.3 is 14.6 Å². The van der Waals surface area contributed by atoms with Crippen molar-refractivity contribution in [3.05, 3.63) is 36.5 Å². The van der Waals surface area contributed by atoms with Gasteiger partial charge in [-0.15, -0.1) is 0 Å². The van der Waals surface area contributed by atoms with Crippen LogP contribution in [0, 0.1) is 0 Å². The molecule has 25 heavy (non-hydrogen) atoms. The number of aliphatic hydroxyl groups excluding tert-OH is 1. The number of ether oxygens (including phenoxy) is 2. The minimum absolute atomic E-state index is 0.226. The zero-order valence-corrected chi connectivity index (χ0v) is 16.5. The summed E-state index contributed by atoms with van der Waals surface area (Å²) >= 11 is 0. The van der Waals surface area contributed by atoms with E-state index in [1.54, 1.807) is 7.11 Å². The molecule has 0 rings (SSSR count). The Bertz CT molecular complexity index is 334. The maximum atomic E-state index is 8.87. The van der Waals surface area contributed by atoms with Crippen molar-refractivity contribution in [1.29, 1.82) is 0 Å². The van der Waals surface area contributed by atoms with Crippen LogP contribution in [-0.4, -0.2) is 31.7 Å². The monoisotopic (exact) mass is 352 g/mol. The summed E-state index contributed by atoms with van der Waals surface area (Å²) in [6.45, 7) is 2.85. The highest BCUT2D eigenvalue weighted by Crippen LogP contribution is 2.12. The van der Waals surface area contributed by atoms with Crippen molar-refractivity contribution >= 4 is 0 Å². The van der Waals surface area contributed by atoms with Crippen LogP contribution in [0.3, 0.4) is 0 Å². The van der Waals surface area contributed by atoms with Crippen molar-refractivity contribution in [3.63, 3.8) is 0 Å². The molecule has 0 aromatic rings. The van der Waals surface area contributed by atoms with E-state index in [0.717, 1.165) is 44.9 Å². The lowest BCUT2D eigenvalue weighted by Gasteiger charge is -2.16. The molecule has 0 unspecified atom stereocenters. The third-order valence-corrected chi connectivity index (χ3v) is 4.03. The minimum Gasteiger partial charge on any atom is -0.396 e. The number of hydrogen-bond acceptors (Lipinski definition) is 3. The first-order valence-electron chi connectivity index (χ1n) is 10.0. The number of methoxy groups -OCH3 is 1. The molecule has 0 aliphatic heterocycles. The third kappa shape index (κ3) is 19.3. The van der Waals surface area contributed by atoms with Gasteiger partial charge in [0.15, 0.2) is 0 Å². The molecule has 0 saturated carbocycles. The second-order valence-electron chi connectivity index (χ2n) is 6.37. The number of aliphatic hydroxyl groups is 1. The Balaban J connectivity index is 3.70. The van der Waals surface area contributed by atoms with Gasteiger partial charge in [0.05, 0.1) is 6.10 Å². The van der Waals surface area contributed by atoms with Crippen LogP contribution in [0.5, 0.6) is 0 Å². The van der Waals surface area contributed by atoms with Crippen LogP contribution in [0.4, 0.5) is 0 Å². The maximum Gasteiger partial charge on any atom is 0.146 e. The van der Waals surface area contributed by atoms with Gasteiger partial charge in [-0.3, -0.25) is 0 Å². The molecule has 0 saturated heterocycles. The van der Waals surface area contributed by atoms with Crippen LogP contribution in [0.25, 0.3) is 0 Å². The van der Waals surface area contributed by atoms with Gasteiger partial charge in [-0.25, -0.2) is 0 Å². The molecule has 0 amide bonds. The summed E-state index contributed by atoms with van der Waals surface area (Å²) in [4.78, 5) is 0. The Kier molecular flexibility index (Phi) is 20.4. The van der Waals surface area contributed by atoms with Crippen molar-refractivity contribution in [3.8, 4) is 0 Å². The quantitative estimate of drug-likeness (QED) is 0.188. The average Bonchev–Trinajstić information content (AvgIpc) is 2.63. The molecule has 0 bridgehead atoms. The lowest BCUT2D eigenvalue weighted by molar-refractivity contribution is -0.0768. The smallest absolute Gasteiger partial charge is 0.146 e. The number of unbranched alkanes of at least 4 members (excludes halogenated alkanes) is 4. The predicted octanol–water partition coefficient (Wildman–Crippen LogP) is 5.95. The topological polar surface area (TPSA) is 38.7 Å². The van der Waals surface area contributed by atoms with Crippen LogP contribution in [0.1, 0.15) is 77.6 Å². The van der Waals surface area contributed by atoms with E-state index in [9.17, 15) is 0 Å². The molecule has 0 aromatic heterocycles. The molecule has 1 N–H and O–H groups in total. The van der Waals surface area contributed by atoms with E-state index in [4.69, 9.17) is 14.6 Å². The molecule has 0 radical (unpaired) electrons. The molecule has 1 atom stereocenters. The fraction of sp³-hybridized carbons (Fsp3) is 0.727. The summed E-state index contributed by atoms with van der Waals surface area (Å²) in [5, 5.41) is 8.87. The molecule has 3 nitrogen and oxygen atoms in total. The molecular weight excluding hydrogens is 312 g/mol. The van der Waals surface area contributed by atoms with Gasteiger partial charge in [0.25, 0.3) is 0 Å². The first-order chi connectivity index (χ1) is 12.3. The van der Waals surface area contributed by atoms with E-state index in [0.29, 0.717) is 6.79 Å². The van der Waals surface area contributed by atoms with E-state index < -0.39 is 0 Å². The fourth-order valence-electron chi connectivity index (χ4n) is 2.53. The molecule has 0 spiro atoms. The fourth-order valence-corrected chi connectivity index (χ4v) is 2.53. The standard InChI is InChI=1S/C22H40O3/c1-3-4-5-6-7-8-9-10-11-12-13-14-15-18-22(25-21-24-2)19-16-17-20-23/h7-8,10-11,13-14,22-23H,3-6,9,12,15-21H2,1-2H3/b8-7-,11-10-,14-13-/t22-/m0/s1. The lowest BCUT2D eigenvalue weighted by atomic mass is 10.1. The maximum absolute atomic E-state index is 8.87. The molecule has 0 fully saturated rings. The van der Waals surface area contributed by atoms with Gasteiger partial charge in [-0.1, -0.05) is 56.2 Å². The lowest BCUT2D eigenvalue weighted by Crippen LogP contribution is -2.14. The first-order valence-corrected chi connectivity index (χ1v) is 10.0. The van der Waals surface area contributed by atoms with E-state index >= 15 is 0 Å². The van der Waals surface area contributed by atoms with Crippen LogP contribution in [0.2, 0.25) is 0 Å². The summed E-state index contributed by atoms with van der Waals surface area (Å²) in [5.74, 6) is 0. The predicted molar refractivity (Wildman–Crippen MR) is 108 cm³/mol. The highest BCUT2D eigenvalue weighted by molar-refractivity contribution is 4.97. The molecule has 0 aliphatic carbocycles. The zero-order chi connectivity index (χ0) is 18.4. The molecular formula is C22H40O3. The van der Waals surface area contributed by atoms with Crippen LogP contribution >= 0.6 is 0 Å². The third-order valence-electron chi connectivity index (χ3n) is 4.03. The summed E-state index contributed by atoms with van der Waals surface area (Å²) < 4.78 is 10.7. The van der Waals surface area contributed by atoms with E-state index in [1.165, 1.54) is 25.7 Å². The highest BCUT2D eigenvalue weighted by atomic mass is 16.7. The second kappa shape index (κ2) is 21.1. The van der Waals surface area contributed by atoms with Crippen LogP contribution < -0.4 is 0 Å². The minimum atomic E-state index is 0.226. The Morgan fingerprint density at radius 1 is 0.800 bits per heavy atom. The number of hydrogen-bond donors (Lipinski definition) is 1. The Labute approximate surface area is 155 Å². The van der Waals surface area contributed by atoms with Gasteiger partial charge in [-0.05, 0) is 57.8 Å². The van der Waals surface area contributed by atoms with Crippen LogP contribution in [0.15, 0.2) is 36.5 Å². The second-order valence-corrected chi connectivity index (χ2v) is 6.37. The Hall–Kier alpha value is -0.900. The van der Waals surface area contributed by atoms with Crippen molar-refractivity contribution < 1.29 is 14.6 Å². The van der Waals surface area contributed by atoms with Gasteiger partial charge in [0.2, 0.25) is 0 Å². The zero-order valence-electron chi connectivity index (χ0n) is 16.5. The average molecular weight is 353 g/mol.